The van der Waals surface area contributed by atoms with Gasteiger partial charge in [-0.1, -0.05) is 0 Å². The fraction of sp³-hybridized carbons (Fsp3) is 0.440. The molecule has 0 bridgehead atoms. The second-order valence-corrected chi connectivity index (χ2v) is 8.81. The number of fused-ring (bicyclic) bond motifs is 3. The first-order chi connectivity index (χ1) is 16.1. The molecule has 0 fully saturated rings. The Hall–Kier alpha value is -2.84. The van der Waals surface area contributed by atoms with Crippen molar-refractivity contribution in [2.75, 3.05) is 34.0 Å². The maximum atomic E-state index is 12.9. The highest BCUT2D eigenvalue weighted by Crippen LogP contribution is 2.48. The van der Waals surface area contributed by atoms with Crippen LogP contribution in [-0.4, -0.2) is 50.7 Å². The number of thiophene rings is 1. The van der Waals surface area contributed by atoms with Gasteiger partial charge in [-0.2, -0.15) is 11.3 Å². The first kappa shape index (κ1) is 23.3. The summed E-state index contributed by atoms with van der Waals surface area (Å²) >= 11 is 1.63. The van der Waals surface area contributed by atoms with E-state index < -0.39 is 5.97 Å². The molecule has 2 aromatic rings. The molecule has 2 aliphatic heterocycles. The van der Waals surface area contributed by atoms with Gasteiger partial charge < -0.3 is 23.8 Å². The smallest absolute Gasteiger partial charge is 0.343 e. The van der Waals surface area contributed by atoms with E-state index in [1.54, 1.807) is 38.7 Å². The molecule has 0 radical (unpaired) electrons. The van der Waals surface area contributed by atoms with Crippen LogP contribution in [0.5, 0.6) is 11.5 Å². The van der Waals surface area contributed by atoms with Crippen molar-refractivity contribution in [1.29, 1.82) is 0 Å². The van der Waals surface area contributed by atoms with Gasteiger partial charge in [0, 0.05) is 32.8 Å². The van der Waals surface area contributed by atoms with Gasteiger partial charge in [0.05, 0.1) is 32.4 Å². The van der Waals surface area contributed by atoms with Gasteiger partial charge in [-0.25, -0.2) is 4.79 Å². The number of carbonyl (C=O) groups is 2. The van der Waals surface area contributed by atoms with Crippen molar-refractivity contribution in [3.8, 4) is 11.5 Å². The summed E-state index contributed by atoms with van der Waals surface area (Å²) < 4.78 is 21.9. The van der Waals surface area contributed by atoms with E-state index in [1.165, 1.54) is 0 Å². The number of nitrogens with zero attached hydrogens (tertiary/aromatic N) is 1. The van der Waals surface area contributed by atoms with Crippen LogP contribution in [0.25, 0.3) is 0 Å². The average Bonchev–Trinajstić information content (AvgIpc) is 3.35. The number of ketones is 1. The third kappa shape index (κ3) is 4.77. The Bertz CT molecular complexity index is 1030. The maximum Gasteiger partial charge on any atom is 0.343 e. The van der Waals surface area contributed by atoms with E-state index in [0.717, 1.165) is 29.5 Å². The van der Waals surface area contributed by atoms with Crippen LogP contribution in [0.3, 0.4) is 0 Å². The van der Waals surface area contributed by atoms with E-state index in [2.05, 4.69) is 16.3 Å². The lowest BCUT2D eigenvalue weighted by atomic mass is 9.81. The largest absolute Gasteiger partial charge is 0.493 e. The normalized spacial score (nSPS) is 19.4. The van der Waals surface area contributed by atoms with Gasteiger partial charge in [0.25, 0.3) is 0 Å². The summed E-state index contributed by atoms with van der Waals surface area (Å²) in [7, 11) is 3.28. The first-order valence-corrected chi connectivity index (χ1v) is 12.1. The number of hydrogen-bond donors (Lipinski definition) is 0. The zero-order valence-electron chi connectivity index (χ0n) is 19.2. The second kappa shape index (κ2) is 10.4. The highest BCUT2D eigenvalue weighted by molar-refractivity contribution is 7.08. The molecule has 33 heavy (non-hydrogen) atoms. The summed E-state index contributed by atoms with van der Waals surface area (Å²) in [5.41, 5.74) is 3.41. The van der Waals surface area contributed by atoms with Crippen molar-refractivity contribution in [3.63, 3.8) is 0 Å². The molecule has 4 rings (SSSR count). The fourth-order valence-corrected chi connectivity index (χ4v) is 5.19. The molecular formula is C25H29NO6S. The van der Waals surface area contributed by atoms with E-state index in [0.29, 0.717) is 24.7 Å². The molecule has 2 unspecified atom stereocenters. The van der Waals surface area contributed by atoms with Crippen LogP contribution >= 0.6 is 11.3 Å². The minimum atomic E-state index is -0.562. The van der Waals surface area contributed by atoms with Crippen molar-refractivity contribution in [2.45, 2.75) is 38.3 Å². The number of carbonyl (C=O) groups excluding carboxylic acids is 2. The Labute approximate surface area is 197 Å². The molecule has 1 aromatic heterocycles. The first-order valence-electron chi connectivity index (χ1n) is 11.1. The van der Waals surface area contributed by atoms with Gasteiger partial charge in [-0.05, 0) is 59.0 Å². The standard InChI is InChI=1S/C25H29NO6S/c1-4-31-25(28)19-14-26-20(16-6-9-33-15-16)10-17-11-24(32-8-5-7-29-2)23(30-3)12-18(17)21(26)13-22(19)27/h6,9,11-12,14-15,20-21H,4-5,7-8,10,13H2,1-3H3. The summed E-state index contributed by atoms with van der Waals surface area (Å²) in [4.78, 5) is 27.5. The summed E-state index contributed by atoms with van der Waals surface area (Å²) in [6.07, 6.45) is 3.40. The quantitative estimate of drug-likeness (QED) is 0.308. The predicted octanol–water partition coefficient (Wildman–Crippen LogP) is 4.23. The van der Waals surface area contributed by atoms with Crippen LogP contribution < -0.4 is 9.47 Å². The van der Waals surface area contributed by atoms with E-state index in [9.17, 15) is 9.59 Å². The van der Waals surface area contributed by atoms with E-state index in [-0.39, 0.29) is 36.5 Å². The molecule has 1 aromatic carbocycles. The maximum absolute atomic E-state index is 12.9. The van der Waals surface area contributed by atoms with Crippen molar-refractivity contribution in [3.05, 3.63) is 57.4 Å². The zero-order chi connectivity index (χ0) is 23.4. The number of benzene rings is 1. The lowest BCUT2D eigenvalue weighted by molar-refractivity contribution is -0.140. The minimum absolute atomic E-state index is 0.000938. The van der Waals surface area contributed by atoms with Gasteiger partial charge in [-0.3, -0.25) is 4.79 Å². The molecule has 0 amide bonds. The van der Waals surface area contributed by atoms with E-state index in [1.807, 2.05) is 17.5 Å². The molecule has 7 nitrogen and oxygen atoms in total. The molecule has 176 valence electrons. The number of methoxy groups -OCH3 is 2. The van der Waals surface area contributed by atoms with Gasteiger partial charge >= 0.3 is 5.97 Å². The molecule has 0 saturated carbocycles. The Morgan fingerprint density at radius 2 is 2.00 bits per heavy atom. The Kier molecular flexibility index (Phi) is 7.35. The molecule has 2 aliphatic rings. The van der Waals surface area contributed by atoms with Crippen molar-refractivity contribution in [1.82, 2.24) is 4.90 Å². The van der Waals surface area contributed by atoms with E-state index in [4.69, 9.17) is 18.9 Å². The monoisotopic (exact) mass is 471 g/mol. The van der Waals surface area contributed by atoms with Crippen LogP contribution in [0, 0.1) is 0 Å². The summed E-state index contributed by atoms with van der Waals surface area (Å²) in [5.74, 6) is 0.557. The summed E-state index contributed by atoms with van der Waals surface area (Å²) in [6.45, 7) is 3.12. The molecular weight excluding hydrogens is 442 g/mol. The van der Waals surface area contributed by atoms with Gasteiger partial charge in [-0.15, -0.1) is 0 Å². The van der Waals surface area contributed by atoms with Crippen LogP contribution in [0.2, 0.25) is 0 Å². The van der Waals surface area contributed by atoms with Crippen molar-refractivity contribution < 1.29 is 28.5 Å². The predicted molar refractivity (Wildman–Crippen MR) is 125 cm³/mol. The molecule has 0 saturated heterocycles. The third-order valence-corrected chi connectivity index (χ3v) is 6.75. The topological polar surface area (TPSA) is 74.3 Å². The molecule has 0 spiro atoms. The lowest BCUT2D eigenvalue weighted by Crippen LogP contribution is -2.40. The van der Waals surface area contributed by atoms with Crippen molar-refractivity contribution >= 4 is 23.1 Å². The number of hydrogen-bond acceptors (Lipinski definition) is 8. The van der Waals surface area contributed by atoms with Crippen LogP contribution in [0.4, 0.5) is 0 Å². The van der Waals surface area contributed by atoms with Gasteiger partial charge in [0.1, 0.15) is 5.57 Å². The van der Waals surface area contributed by atoms with Crippen molar-refractivity contribution in [2.24, 2.45) is 0 Å². The average molecular weight is 472 g/mol. The zero-order valence-corrected chi connectivity index (χ0v) is 20.0. The Balaban J connectivity index is 1.73. The molecule has 0 N–H and O–H groups in total. The Morgan fingerprint density at radius 1 is 1.15 bits per heavy atom. The SMILES string of the molecule is CCOC(=O)C1=CN2C(c3ccsc3)Cc3cc(OCCCOC)c(OC)cc3C2CC1=O. The van der Waals surface area contributed by atoms with Crippen LogP contribution in [0.15, 0.2) is 40.7 Å². The summed E-state index contributed by atoms with van der Waals surface area (Å²) in [5, 5.41) is 4.16. The van der Waals surface area contributed by atoms with E-state index >= 15 is 0 Å². The van der Waals surface area contributed by atoms with Crippen LogP contribution in [0.1, 0.15) is 48.5 Å². The number of ether oxygens (including phenoxy) is 4. The molecule has 0 aliphatic carbocycles. The highest BCUT2D eigenvalue weighted by Gasteiger charge is 2.41. The summed E-state index contributed by atoms with van der Waals surface area (Å²) in [6, 6.07) is 5.91. The molecule has 2 atom stereocenters. The van der Waals surface area contributed by atoms with Crippen LogP contribution in [-0.2, 0) is 25.5 Å². The van der Waals surface area contributed by atoms with Gasteiger partial charge in [0.15, 0.2) is 17.3 Å². The minimum Gasteiger partial charge on any atom is -0.493 e. The Morgan fingerprint density at radius 3 is 2.70 bits per heavy atom. The highest BCUT2D eigenvalue weighted by atomic mass is 32.1. The molecule has 3 heterocycles. The number of esters is 1. The van der Waals surface area contributed by atoms with Gasteiger partial charge in [0.2, 0.25) is 0 Å². The lowest BCUT2D eigenvalue weighted by Gasteiger charge is -2.45. The fourth-order valence-electron chi connectivity index (χ4n) is 4.49. The second-order valence-electron chi connectivity index (χ2n) is 8.03. The molecule has 8 heteroatoms. The third-order valence-electron chi connectivity index (χ3n) is 6.05. The number of Topliss-reactive ketones (excluding diaryl/α,β-unsaturated/α-hetero) is 1. The number of rotatable bonds is 9.